The van der Waals surface area contributed by atoms with Crippen molar-refractivity contribution in [3.8, 4) is 12.1 Å². The lowest BCUT2D eigenvalue weighted by Crippen LogP contribution is -2.02. The molecule has 1 aromatic carbocycles. The molecule has 0 amide bonds. The maximum absolute atomic E-state index is 11.5. The minimum atomic E-state index is -0.423. The van der Waals surface area contributed by atoms with Gasteiger partial charge in [0.15, 0.2) is 0 Å². The van der Waals surface area contributed by atoms with Crippen LogP contribution in [-0.2, 0) is 4.74 Å². The Balaban J connectivity index is 2.38. The van der Waals surface area contributed by atoms with Gasteiger partial charge in [0.05, 0.1) is 12.7 Å². The molecule has 0 saturated carbocycles. The van der Waals surface area contributed by atoms with E-state index in [0.29, 0.717) is 17.6 Å². The minimum absolute atomic E-state index is 0.0832. The summed E-state index contributed by atoms with van der Waals surface area (Å²) < 4.78 is 4.68. The molecule has 0 aliphatic heterocycles. The zero-order chi connectivity index (χ0) is 17.4. The molecule has 0 saturated heterocycles. The van der Waals surface area contributed by atoms with Crippen LogP contribution in [0.15, 0.2) is 66.3 Å². The van der Waals surface area contributed by atoms with Crippen LogP contribution >= 0.6 is 0 Å². The normalized spacial score (nSPS) is 12.8. The summed E-state index contributed by atoms with van der Waals surface area (Å²) in [6.45, 7) is 0. The molecule has 0 atom stereocenters. The molecule has 0 bridgehead atoms. The zero-order valence-corrected chi connectivity index (χ0v) is 13.3. The van der Waals surface area contributed by atoms with E-state index in [-0.39, 0.29) is 11.5 Å². The van der Waals surface area contributed by atoms with E-state index in [1.165, 1.54) is 7.11 Å². The van der Waals surface area contributed by atoms with Crippen molar-refractivity contribution in [3.05, 3.63) is 77.4 Å². The van der Waals surface area contributed by atoms with E-state index in [1.54, 1.807) is 24.3 Å². The number of methoxy groups -OCH3 is 1. The Morgan fingerprint density at radius 2 is 1.54 bits per heavy atom. The Morgan fingerprint density at radius 1 is 1.00 bits per heavy atom. The van der Waals surface area contributed by atoms with Crippen LogP contribution in [-0.4, -0.2) is 13.1 Å². The van der Waals surface area contributed by atoms with Crippen molar-refractivity contribution in [2.24, 2.45) is 5.92 Å². The lowest BCUT2D eigenvalue weighted by molar-refractivity contribution is 0.0600. The van der Waals surface area contributed by atoms with Gasteiger partial charge in [0, 0.05) is 0 Å². The van der Waals surface area contributed by atoms with Crippen molar-refractivity contribution in [1.82, 2.24) is 0 Å². The van der Waals surface area contributed by atoms with Crippen molar-refractivity contribution in [1.29, 1.82) is 10.5 Å². The first kappa shape index (κ1) is 17.0. The average molecular weight is 316 g/mol. The molecular formula is C20H16N2O2. The second-order valence-electron chi connectivity index (χ2n) is 5.17. The Morgan fingerprint density at radius 3 is 2.04 bits per heavy atom. The molecule has 0 heterocycles. The smallest absolute Gasteiger partial charge is 0.337 e. The van der Waals surface area contributed by atoms with Crippen molar-refractivity contribution in [3.63, 3.8) is 0 Å². The van der Waals surface area contributed by atoms with E-state index in [4.69, 9.17) is 0 Å². The van der Waals surface area contributed by atoms with Gasteiger partial charge in [0.1, 0.15) is 17.7 Å². The van der Waals surface area contributed by atoms with Gasteiger partial charge in [0.25, 0.3) is 0 Å². The number of nitriles is 2. The molecule has 0 radical (unpaired) electrons. The molecule has 4 heteroatoms. The largest absolute Gasteiger partial charge is 0.465 e. The van der Waals surface area contributed by atoms with Crippen molar-refractivity contribution >= 4 is 11.5 Å². The summed E-state index contributed by atoms with van der Waals surface area (Å²) in [5.74, 6) is -0.333. The number of carbonyl (C=O) groups excluding carboxylic acids is 1. The lowest BCUT2D eigenvalue weighted by Gasteiger charge is -2.13. The highest BCUT2D eigenvalue weighted by Gasteiger charge is 2.14. The molecule has 24 heavy (non-hydrogen) atoms. The maximum atomic E-state index is 11.5. The van der Waals surface area contributed by atoms with E-state index in [2.05, 4.69) is 4.74 Å². The van der Waals surface area contributed by atoms with Crippen LogP contribution in [0, 0.1) is 28.6 Å². The van der Waals surface area contributed by atoms with Crippen LogP contribution in [0.2, 0.25) is 0 Å². The molecule has 2 rings (SSSR count). The van der Waals surface area contributed by atoms with Crippen molar-refractivity contribution in [2.75, 3.05) is 7.11 Å². The van der Waals surface area contributed by atoms with E-state index in [0.717, 1.165) is 5.56 Å². The summed E-state index contributed by atoms with van der Waals surface area (Å²) >= 11 is 0. The Kier molecular flexibility index (Phi) is 5.88. The van der Waals surface area contributed by atoms with Gasteiger partial charge >= 0.3 is 5.97 Å². The summed E-state index contributed by atoms with van der Waals surface area (Å²) in [6.07, 6.45) is 12.3. The van der Waals surface area contributed by atoms with Crippen LogP contribution in [0.1, 0.15) is 22.3 Å². The number of benzene rings is 1. The first-order valence-electron chi connectivity index (χ1n) is 7.43. The van der Waals surface area contributed by atoms with Crippen LogP contribution in [0.25, 0.3) is 5.57 Å². The minimum Gasteiger partial charge on any atom is -0.465 e. The fourth-order valence-electron chi connectivity index (χ4n) is 2.43. The van der Waals surface area contributed by atoms with Gasteiger partial charge in [-0.2, -0.15) is 10.5 Å². The molecule has 1 aliphatic carbocycles. The quantitative estimate of drug-likeness (QED) is 0.622. The summed E-state index contributed by atoms with van der Waals surface area (Å²) in [7, 11) is 1.32. The van der Waals surface area contributed by atoms with Crippen LogP contribution in [0.4, 0.5) is 0 Å². The molecule has 0 fully saturated rings. The second kappa shape index (κ2) is 8.31. The average Bonchev–Trinajstić information content (AvgIpc) is 2.90. The predicted molar refractivity (Wildman–Crippen MR) is 91.5 cm³/mol. The van der Waals surface area contributed by atoms with Gasteiger partial charge < -0.3 is 4.74 Å². The molecule has 1 aromatic rings. The summed E-state index contributed by atoms with van der Waals surface area (Å²) in [4.78, 5) is 11.5. The molecule has 1 aliphatic rings. The number of ether oxygens (including phenoxy) is 1. The zero-order valence-electron chi connectivity index (χ0n) is 13.3. The van der Waals surface area contributed by atoms with Gasteiger partial charge in [-0.15, -0.1) is 0 Å². The number of nitrogens with zero attached hydrogens (tertiary/aromatic N) is 2. The van der Waals surface area contributed by atoms with Gasteiger partial charge in [-0.3, -0.25) is 0 Å². The Labute approximate surface area is 141 Å². The monoisotopic (exact) mass is 316 g/mol. The predicted octanol–water partition coefficient (Wildman–Crippen LogP) is 3.96. The van der Waals surface area contributed by atoms with Crippen LogP contribution in [0.3, 0.4) is 0 Å². The molecule has 0 spiro atoms. The summed E-state index contributed by atoms with van der Waals surface area (Å²) in [5.41, 5.74) is 1.92. The Hall–Kier alpha value is -3.37. The number of hydrogen-bond donors (Lipinski definition) is 0. The molecule has 0 aromatic heterocycles. The standard InChI is InChI=1S/C20H16N2O2/c1-24-20(23)17-10-8-16(9-11-17)19(18(13-21)14-22)12-15-6-4-2-3-5-7-15/h2-11,15H,12H2,1H3. The highest BCUT2D eigenvalue weighted by molar-refractivity contribution is 5.90. The lowest BCUT2D eigenvalue weighted by atomic mass is 9.90. The van der Waals surface area contributed by atoms with Crippen LogP contribution < -0.4 is 0 Å². The first-order chi connectivity index (χ1) is 11.7. The third kappa shape index (κ3) is 4.09. The molecule has 0 unspecified atom stereocenters. The SMILES string of the molecule is COC(=O)c1ccc(C(CC2C=CC=CC=C2)=C(C#N)C#N)cc1. The van der Waals surface area contributed by atoms with Gasteiger partial charge in [0.2, 0.25) is 0 Å². The van der Waals surface area contributed by atoms with E-state index >= 15 is 0 Å². The van der Waals surface area contributed by atoms with Crippen LogP contribution in [0.5, 0.6) is 0 Å². The number of allylic oxidation sites excluding steroid dienone is 8. The first-order valence-corrected chi connectivity index (χ1v) is 7.43. The van der Waals surface area contributed by atoms with E-state index in [9.17, 15) is 15.3 Å². The third-order valence-corrected chi connectivity index (χ3v) is 3.67. The highest BCUT2D eigenvalue weighted by atomic mass is 16.5. The molecule has 118 valence electrons. The third-order valence-electron chi connectivity index (χ3n) is 3.67. The molecule has 0 N–H and O–H groups in total. The fourth-order valence-corrected chi connectivity index (χ4v) is 2.43. The summed E-state index contributed by atoms with van der Waals surface area (Å²) in [6, 6.07) is 10.7. The number of hydrogen-bond acceptors (Lipinski definition) is 4. The fraction of sp³-hybridized carbons (Fsp3) is 0.150. The topological polar surface area (TPSA) is 73.9 Å². The second-order valence-corrected chi connectivity index (χ2v) is 5.17. The molecule has 4 nitrogen and oxygen atoms in total. The van der Waals surface area contributed by atoms with Gasteiger partial charge in [-0.05, 0) is 35.6 Å². The number of rotatable bonds is 4. The van der Waals surface area contributed by atoms with E-state index in [1.807, 2.05) is 48.6 Å². The number of carbonyl (C=O) groups is 1. The van der Waals surface area contributed by atoms with Gasteiger partial charge in [-0.25, -0.2) is 4.79 Å². The summed E-state index contributed by atoms with van der Waals surface area (Å²) in [5, 5.41) is 18.5. The Bertz CT molecular complexity index is 781. The highest BCUT2D eigenvalue weighted by Crippen LogP contribution is 2.28. The number of esters is 1. The van der Waals surface area contributed by atoms with Gasteiger partial charge in [-0.1, -0.05) is 48.6 Å². The molecular weight excluding hydrogens is 300 g/mol. The van der Waals surface area contributed by atoms with Crippen molar-refractivity contribution in [2.45, 2.75) is 6.42 Å². The van der Waals surface area contributed by atoms with Crippen molar-refractivity contribution < 1.29 is 9.53 Å². The van der Waals surface area contributed by atoms with E-state index < -0.39 is 5.97 Å². The maximum Gasteiger partial charge on any atom is 0.337 e.